The molecule has 0 atom stereocenters. The van der Waals surface area contributed by atoms with E-state index in [2.05, 4.69) is 16.0 Å². The molecule has 0 saturated carbocycles. The Kier molecular flexibility index (Phi) is 4.59. The predicted octanol–water partition coefficient (Wildman–Crippen LogP) is 4.15. The molecule has 28 heavy (non-hydrogen) atoms. The average molecular weight is 377 g/mol. The zero-order valence-corrected chi connectivity index (χ0v) is 15.2. The van der Waals surface area contributed by atoms with Crippen LogP contribution in [0.4, 0.5) is 27.7 Å². The van der Waals surface area contributed by atoms with Crippen molar-refractivity contribution in [3.8, 4) is 5.75 Å². The molecule has 8 nitrogen and oxygen atoms in total. The molecule has 3 aromatic rings. The number of amidine groups is 1. The largest absolute Gasteiger partial charge is 0.497 e. The van der Waals surface area contributed by atoms with E-state index >= 15 is 0 Å². The number of hydrogen-bond acceptors (Lipinski definition) is 5. The topological polar surface area (TPSA) is 103 Å². The van der Waals surface area contributed by atoms with Gasteiger partial charge in [-0.05, 0) is 54.6 Å². The molecule has 0 bridgehead atoms. The van der Waals surface area contributed by atoms with Crippen molar-refractivity contribution in [2.75, 3.05) is 34.6 Å². The number of fused-ring (bicyclic) bond motifs is 1. The van der Waals surface area contributed by atoms with Crippen LogP contribution in [0.1, 0.15) is 5.56 Å². The SMILES string of the molecule is COc1ccc(NC(=O)Nc2ccc(N3CNc4occc4C3=N)cc2)cc1. The molecule has 0 unspecified atom stereocenters. The molecule has 2 heterocycles. The summed E-state index contributed by atoms with van der Waals surface area (Å²) in [6.45, 7) is 0.435. The van der Waals surface area contributed by atoms with Crippen molar-refractivity contribution in [3.05, 3.63) is 66.4 Å². The van der Waals surface area contributed by atoms with Gasteiger partial charge in [-0.15, -0.1) is 0 Å². The first-order valence-electron chi connectivity index (χ1n) is 8.64. The Morgan fingerprint density at radius 2 is 1.71 bits per heavy atom. The molecular weight excluding hydrogens is 358 g/mol. The van der Waals surface area contributed by atoms with Crippen molar-refractivity contribution < 1.29 is 13.9 Å². The van der Waals surface area contributed by atoms with Crippen LogP contribution in [-0.4, -0.2) is 25.6 Å². The summed E-state index contributed by atoms with van der Waals surface area (Å²) in [6.07, 6.45) is 1.56. The van der Waals surface area contributed by atoms with Crippen molar-refractivity contribution in [2.45, 2.75) is 0 Å². The van der Waals surface area contributed by atoms with Crippen molar-refractivity contribution in [3.63, 3.8) is 0 Å². The number of amides is 2. The molecule has 2 aromatic carbocycles. The number of rotatable bonds is 4. The van der Waals surface area contributed by atoms with Gasteiger partial charge in [-0.1, -0.05) is 0 Å². The number of carbonyl (C=O) groups is 1. The van der Waals surface area contributed by atoms with Crippen LogP contribution in [0.25, 0.3) is 0 Å². The molecule has 4 rings (SSSR count). The molecule has 1 aliphatic heterocycles. The Morgan fingerprint density at radius 3 is 2.36 bits per heavy atom. The number of nitrogens with zero attached hydrogens (tertiary/aromatic N) is 1. The molecular formula is C20H19N5O3. The van der Waals surface area contributed by atoms with Crippen LogP contribution in [0.15, 0.2) is 65.3 Å². The van der Waals surface area contributed by atoms with Crippen molar-refractivity contribution in [1.29, 1.82) is 5.41 Å². The van der Waals surface area contributed by atoms with Gasteiger partial charge in [0.25, 0.3) is 0 Å². The lowest BCUT2D eigenvalue weighted by molar-refractivity contribution is 0.262. The second-order valence-corrected chi connectivity index (χ2v) is 6.13. The van der Waals surface area contributed by atoms with Gasteiger partial charge in [0.15, 0.2) is 0 Å². The van der Waals surface area contributed by atoms with Crippen LogP contribution in [-0.2, 0) is 0 Å². The summed E-state index contributed by atoms with van der Waals surface area (Å²) >= 11 is 0. The van der Waals surface area contributed by atoms with E-state index in [1.807, 2.05) is 17.0 Å². The van der Waals surface area contributed by atoms with Crippen molar-refractivity contribution >= 4 is 34.8 Å². The lowest BCUT2D eigenvalue weighted by atomic mass is 10.2. The minimum atomic E-state index is -0.340. The third kappa shape index (κ3) is 3.48. The molecule has 0 aliphatic carbocycles. The fourth-order valence-corrected chi connectivity index (χ4v) is 2.92. The number of urea groups is 1. The van der Waals surface area contributed by atoms with E-state index in [1.54, 1.807) is 55.8 Å². The van der Waals surface area contributed by atoms with E-state index in [4.69, 9.17) is 14.6 Å². The van der Waals surface area contributed by atoms with Gasteiger partial charge in [-0.3, -0.25) is 5.41 Å². The van der Waals surface area contributed by atoms with Crippen LogP contribution < -0.4 is 25.6 Å². The smallest absolute Gasteiger partial charge is 0.323 e. The van der Waals surface area contributed by atoms with E-state index in [1.165, 1.54) is 0 Å². The highest BCUT2D eigenvalue weighted by atomic mass is 16.5. The Balaban J connectivity index is 1.39. The Hall–Kier alpha value is -3.94. The van der Waals surface area contributed by atoms with E-state index in [0.29, 0.717) is 35.3 Å². The molecule has 2 amide bonds. The molecule has 8 heteroatoms. The van der Waals surface area contributed by atoms with Gasteiger partial charge in [0.2, 0.25) is 5.88 Å². The normalized spacial score (nSPS) is 12.8. The number of methoxy groups -OCH3 is 1. The number of ether oxygens (including phenoxy) is 1. The Morgan fingerprint density at radius 1 is 1.07 bits per heavy atom. The molecule has 0 fully saturated rings. The molecule has 4 N–H and O–H groups in total. The Bertz CT molecular complexity index is 995. The molecule has 0 radical (unpaired) electrons. The number of anilines is 4. The zero-order chi connectivity index (χ0) is 19.5. The van der Waals surface area contributed by atoms with Gasteiger partial charge in [0.1, 0.15) is 11.6 Å². The van der Waals surface area contributed by atoms with Gasteiger partial charge >= 0.3 is 6.03 Å². The van der Waals surface area contributed by atoms with E-state index < -0.39 is 0 Å². The maximum absolute atomic E-state index is 12.2. The van der Waals surface area contributed by atoms with Crippen molar-refractivity contribution in [2.24, 2.45) is 0 Å². The standard InChI is InChI=1S/C20H19N5O3/c1-27-16-8-4-14(5-9-16)24-20(26)23-13-2-6-15(7-3-13)25-12-22-19-17(18(25)21)10-11-28-19/h2-11,21-22H,12H2,1H3,(H2,23,24,26). The quantitative estimate of drug-likeness (QED) is 0.547. The summed E-state index contributed by atoms with van der Waals surface area (Å²) in [7, 11) is 1.59. The first-order valence-corrected chi connectivity index (χ1v) is 8.64. The highest BCUT2D eigenvalue weighted by Crippen LogP contribution is 2.27. The molecule has 0 spiro atoms. The summed E-state index contributed by atoms with van der Waals surface area (Å²) in [5.74, 6) is 1.69. The van der Waals surface area contributed by atoms with Crippen LogP contribution in [0.5, 0.6) is 5.75 Å². The first kappa shape index (κ1) is 17.5. The molecule has 0 saturated heterocycles. The molecule has 1 aromatic heterocycles. The summed E-state index contributed by atoms with van der Waals surface area (Å²) in [4.78, 5) is 14.0. The summed E-state index contributed by atoms with van der Waals surface area (Å²) < 4.78 is 10.4. The highest BCUT2D eigenvalue weighted by molar-refractivity contribution is 6.12. The second-order valence-electron chi connectivity index (χ2n) is 6.13. The van der Waals surface area contributed by atoms with E-state index in [9.17, 15) is 4.79 Å². The van der Waals surface area contributed by atoms with Crippen LogP contribution in [0, 0.1) is 5.41 Å². The van der Waals surface area contributed by atoms with Gasteiger partial charge in [-0.2, -0.15) is 0 Å². The second kappa shape index (κ2) is 7.36. The van der Waals surface area contributed by atoms with E-state index in [-0.39, 0.29) is 6.03 Å². The monoisotopic (exact) mass is 377 g/mol. The van der Waals surface area contributed by atoms with Gasteiger partial charge < -0.3 is 30.0 Å². The molecule has 142 valence electrons. The minimum absolute atomic E-state index is 0.340. The summed E-state index contributed by atoms with van der Waals surface area (Å²) in [6, 6.07) is 15.8. The van der Waals surface area contributed by atoms with Crippen LogP contribution in [0.3, 0.4) is 0 Å². The first-order chi connectivity index (χ1) is 13.6. The number of furan rings is 1. The summed E-state index contributed by atoms with van der Waals surface area (Å²) in [5, 5.41) is 17.0. The Labute approximate surface area is 161 Å². The third-order valence-electron chi connectivity index (χ3n) is 4.37. The maximum atomic E-state index is 12.2. The lowest BCUT2D eigenvalue weighted by Crippen LogP contribution is -2.39. The third-order valence-corrected chi connectivity index (χ3v) is 4.37. The van der Waals surface area contributed by atoms with Crippen molar-refractivity contribution in [1.82, 2.24) is 0 Å². The summed E-state index contributed by atoms with van der Waals surface area (Å²) in [5.41, 5.74) is 2.87. The number of hydrogen-bond donors (Lipinski definition) is 4. The fourth-order valence-electron chi connectivity index (χ4n) is 2.92. The zero-order valence-electron chi connectivity index (χ0n) is 15.2. The number of nitrogens with one attached hydrogen (secondary N) is 4. The predicted molar refractivity (Wildman–Crippen MR) is 109 cm³/mol. The van der Waals surface area contributed by atoms with Gasteiger partial charge in [0, 0.05) is 17.1 Å². The average Bonchev–Trinajstić information content (AvgIpc) is 3.19. The number of carbonyl (C=O) groups excluding carboxylic acids is 1. The maximum Gasteiger partial charge on any atom is 0.323 e. The lowest BCUT2D eigenvalue weighted by Gasteiger charge is -2.29. The van der Waals surface area contributed by atoms with Gasteiger partial charge in [-0.25, -0.2) is 4.79 Å². The number of benzene rings is 2. The van der Waals surface area contributed by atoms with Gasteiger partial charge in [0.05, 0.1) is 25.6 Å². The fraction of sp³-hybridized carbons (Fsp3) is 0.100. The van der Waals surface area contributed by atoms with E-state index in [0.717, 1.165) is 11.4 Å². The highest BCUT2D eigenvalue weighted by Gasteiger charge is 2.24. The minimum Gasteiger partial charge on any atom is -0.497 e. The molecule has 1 aliphatic rings. The van der Waals surface area contributed by atoms with Crippen LogP contribution in [0.2, 0.25) is 0 Å². The van der Waals surface area contributed by atoms with Crippen LogP contribution >= 0.6 is 0 Å².